The Morgan fingerprint density at radius 3 is 2.32 bits per heavy atom. The first-order valence-electron chi connectivity index (χ1n) is 12.6. The summed E-state index contributed by atoms with van der Waals surface area (Å²) in [6.07, 6.45) is 4.99. The third-order valence-corrected chi connectivity index (χ3v) is 7.18. The minimum Gasteiger partial charge on any atom is -0.497 e. The second-order valence-electron chi connectivity index (χ2n) is 9.57. The van der Waals surface area contributed by atoms with Gasteiger partial charge in [0.1, 0.15) is 22.9 Å². The molecule has 0 aliphatic carbocycles. The van der Waals surface area contributed by atoms with E-state index in [0.29, 0.717) is 11.4 Å². The zero-order chi connectivity index (χ0) is 25.5. The molecule has 6 heteroatoms. The molecule has 3 heterocycles. The van der Waals surface area contributed by atoms with Gasteiger partial charge in [-0.05, 0) is 73.7 Å². The van der Waals surface area contributed by atoms with Gasteiger partial charge in [-0.2, -0.15) is 0 Å². The average Bonchev–Trinajstić information content (AvgIpc) is 3.33. The van der Waals surface area contributed by atoms with Crippen LogP contribution in [-0.2, 0) is 13.0 Å². The summed E-state index contributed by atoms with van der Waals surface area (Å²) in [6.45, 7) is 2.95. The number of imidazole rings is 1. The number of anilines is 1. The van der Waals surface area contributed by atoms with E-state index in [-0.39, 0.29) is 11.7 Å². The highest BCUT2D eigenvalue weighted by atomic mass is 19.1. The standard InChI is InChI=1S/C31H28FN3O2/c1-20-6-8-21(9-7-20)27-19-35-29(30(36)33-24-14-16-25(37-2)17-15-24)28(22-10-12-23(32)13-11-22)26-5-3-4-18-34(27)31(26)35/h6-17,19H,3-5,18H2,1-2H3,(H,33,36). The molecule has 0 spiro atoms. The van der Waals surface area contributed by atoms with Crippen LogP contribution in [0.1, 0.15) is 34.5 Å². The second kappa shape index (κ2) is 9.28. The smallest absolute Gasteiger partial charge is 0.273 e. The summed E-state index contributed by atoms with van der Waals surface area (Å²) in [5.41, 5.74) is 8.51. The summed E-state index contributed by atoms with van der Waals surface area (Å²) in [7, 11) is 1.61. The summed E-state index contributed by atoms with van der Waals surface area (Å²) < 4.78 is 23.5. The number of nitrogens with one attached hydrogen (secondary N) is 1. The molecule has 1 amide bonds. The van der Waals surface area contributed by atoms with Crippen LogP contribution in [0.3, 0.4) is 0 Å². The van der Waals surface area contributed by atoms with Crippen LogP contribution in [0.2, 0.25) is 0 Å². The fourth-order valence-corrected chi connectivity index (χ4v) is 5.36. The maximum absolute atomic E-state index is 13.9. The van der Waals surface area contributed by atoms with Gasteiger partial charge < -0.3 is 14.6 Å². The summed E-state index contributed by atoms with van der Waals surface area (Å²) >= 11 is 0. The molecule has 37 heavy (non-hydrogen) atoms. The predicted octanol–water partition coefficient (Wildman–Crippen LogP) is 7.12. The number of nitrogens with zero attached hydrogens (tertiary/aromatic N) is 2. The molecule has 2 aromatic heterocycles. The van der Waals surface area contributed by atoms with Crippen LogP contribution < -0.4 is 10.1 Å². The number of aromatic nitrogens is 2. The van der Waals surface area contributed by atoms with Crippen molar-refractivity contribution >= 4 is 17.2 Å². The predicted molar refractivity (Wildman–Crippen MR) is 145 cm³/mol. The molecule has 0 fully saturated rings. The van der Waals surface area contributed by atoms with Gasteiger partial charge in [-0.1, -0.05) is 42.0 Å². The van der Waals surface area contributed by atoms with Crippen molar-refractivity contribution in [3.05, 3.63) is 102 Å². The number of hydrogen-bond acceptors (Lipinski definition) is 2. The molecule has 5 nitrogen and oxygen atoms in total. The first-order chi connectivity index (χ1) is 18.0. The van der Waals surface area contributed by atoms with Crippen molar-refractivity contribution in [3.63, 3.8) is 0 Å². The maximum atomic E-state index is 13.9. The van der Waals surface area contributed by atoms with E-state index in [1.807, 2.05) is 28.7 Å². The number of halogens is 1. The second-order valence-corrected chi connectivity index (χ2v) is 9.57. The van der Waals surface area contributed by atoms with E-state index < -0.39 is 0 Å². The Kier molecular flexibility index (Phi) is 5.80. The van der Waals surface area contributed by atoms with Crippen molar-refractivity contribution < 1.29 is 13.9 Å². The molecule has 0 saturated heterocycles. The number of methoxy groups -OCH3 is 1. The summed E-state index contributed by atoms with van der Waals surface area (Å²) in [6, 6.07) is 22.2. The molecule has 5 aromatic rings. The highest BCUT2D eigenvalue weighted by Crippen LogP contribution is 2.39. The van der Waals surface area contributed by atoms with Crippen LogP contribution in [0.4, 0.5) is 10.1 Å². The van der Waals surface area contributed by atoms with E-state index in [1.54, 1.807) is 19.2 Å². The molecule has 6 rings (SSSR count). The van der Waals surface area contributed by atoms with Gasteiger partial charge in [0.15, 0.2) is 0 Å². The Morgan fingerprint density at radius 1 is 0.919 bits per heavy atom. The number of aryl methyl sites for hydroxylation is 3. The molecule has 1 N–H and O–H groups in total. The zero-order valence-electron chi connectivity index (χ0n) is 20.9. The maximum Gasteiger partial charge on any atom is 0.273 e. The van der Waals surface area contributed by atoms with E-state index in [2.05, 4.69) is 47.3 Å². The Labute approximate surface area is 215 Å². The van der Waals surface area contributed by atoms with Gasteiger partial charge in [0.05, 0.1) is 12.8 Å². The van der Waals surface area contributed by atoms with Gasteiger partial charge in [0.2, 0.25) is 0 Å². The van der Waals surface area contributed by atoms with Crippen molar-refractivity contribution in [2.24, 2.45) is 0 Å². The molecule has 0 saturated carbocycles. The molecule has 1 aliphatic rings. The molecule has 1 aliphatic heterocycles. The van der Waals surface area contributed by atoms with E-state index in [9.17, 15) is 9.18 Å². The third-order valence-electron chi connectivity index (χ3n) is 7.18. The molecule has 0 atom stereocenters. The van der Waals surface area contributed by atoms with Crippen molar-refractivity contribution in [2.45, 2.75) is 32.7 Å². The van der Waals surface area contributed by atoms with Gasteiger partial charge in [0.25, 0.3) is 5.91 Å². The number of ether oxygens (including phenoxy) is 1. The van der Waals surface area contributed by atoms with Crippen LogP contribution in [0, 0.1) is 12.7 Å². The normalized spacial score (nSPS) is 12.9. The lowest BCUT2D eigenvalue weighted by molar-refractivity contribution is 0.102. The van der Waals surface area contributed by atoms with Crippen LogP contribution in [-0.4, -0.2) is 22.0 Å². The lowest BCUT2D eigenvalue weighted by Crippen LogP contribution is -2.15. The lowest BCUT2D eigenvalue weighted by atomic mass is 9.97. The molecular weight excluding hydrogens is 465 g/mol. The minimum atomic E-state index is -0.297. The van der Waals surface area contributed by atoms with E-state index in [0.717, 1.165) is 65.2 Å². The van der Waals surface area contributed by atoms with Gasteiger partial charge in [-0.15, -0.1) is 0 Å². The molecule has 3 aromatic carbocycles. The largest absolute Gasteiger partial charge is 0.497 e. The molecule has 0 bridgehead atoms. The van der Waals surface area contributed by atoms with Crippen molar-refractivity contribution in [1.29, 1.82) is 0 Å². The number of benzene rings is 3. The third kappa shape index (κ3) is 4.08. The number of carbonyl (C=O) groups excluding carboxylic acids is 1. The molecule has 186 valence electrons. The van der Waals surface area contributed by atoms with Crippen molar-refractivity contribution in [3.8, 4) is 28.1 Å². The first-order valence-corrected chi connectivity index (χ1v) is 12.6. The monoisotopic (exact) mass is 493 g/mol. The van der Waals surface area contributed by atoms with E-state index in [1.165, 1.54) is 17.7 Å². The molecular formula is C31H28FN3O2. The van der Waals surface area contributed by atoms with Gasteiger partial charge in [0, 0.05) is 29.6 Å². The molecule has 0 radical (unpaired) electrons. The van der Waals surface area contributed by atoms with Gasteiger partial charge in [-0.3, -0.25) is 9.20 Å². The number of hydrogen-bond donors (Lipinski definition) is 1. The Bertz CT molecular complexity index is 1590. The summed E-state index contributed by atoms with van der Waals surface area (Å²) in [5.74, 6) is 0.215. The van der Waals surface area contributed by atoms with Gasteiger partial charge in [-0.25, -0.2) is 4.39 Å². The number of carbonyl (C=O) groups is 1. The Hall–Kier alpha value is -4.32. The topological polar surface area (TPSA) is 47.7 Å². The Morgan fingerprint density at radius 2 is 1.62 bits per heavy atom. The lowest BCUT2D eigenvalue weighted by Gasteiger charge is -2.11. The fraction of sp³-hybridized carbons (Fsp3) is 0.194. The summed E-state index contributed by atoms with van der Waals surface area (Å²) in [4.78, 5) is 13.9. The quantitative estimate of drug-likeness (QED) is 0.283. The van der Waals surface area contributed by atoms with Crippen LogP contribution in [0.5, 0.6) is 5.75 Å². The van der Waals surface area contributed by atoms with E-state index >= 15 is 0 Å². The highest BCUT2D eigenvalue weighted by Gasteiger charge is 2.29. The fourth-order valence-electron chi connectivity index (χ4n) is 5.36. The zero-order valence-corrected chi connectivity index (χ0v) is 20.9. The van der Waals surface area contributed by atoms with Crippen LogP contribution >= 0.6 is 0 Å². The van der Waals surface area contributed by atoms with Crippen molar-refractivity contribution in [1.82, 2.24) is 8.97 Å². The van der Waals surface area contributed by atoms with Crippen molar-refractivity contribution in [2.75, 3.05) is 12.4 Å². The van der Waals surface area contributed by atoms with Gasteiger partial charge >= 0.3 is 0 Å². The number of rotatable bonds is 5. The summed E-state index contributed by atoms with van der Waals surface area (Å²) in [5, 5.41) is 3.07. The minimum absolute atomic E-state index is 0.209. The van der Waals surface area contributed by atoms with Crippen LogP contribution in [0.15, 0.2) is 79.0 Å². The average molecular weight is 494 g/mol. The number of amides is 1. The highest BCUT2D eigenvalue weighted by molar-refractivity contribution is 6.10. The van der Waals surface area contributed by atoms with E-state index in [4.69, 9.17) is 4.74 Å². The molecule has 0 unspecified atom stereocenters. The Balaban J connectivity index is 1.57. The van der Waals surface area contributed by atoms with Crippen LogP contribution in [0.25, 0.3) is 28.0 Å². The SMILES string of the molecule is COc1ccc(NC(=O)c2c(-c3ccc(F)cc3)c3c4n(c(-c5ccc(C)cc5)cn24)CCCC3)cc1. The first kappa shape index (κ1) is 23.1.